The molecule has 0 fully saturated rings. The lowest BCUT2D eigenvalue weighted by Crippen LogP contribution is -1.96. The zero-order valence-corrected chi connectivity index (χ0v) is 15.2. The molecule has 1 nitrogen and oxygen atoms in total. The standard InChI is InChI=1S/C23H27N/c1-6-7-8-20-9-11-22(12-10-20)18(4)24-19(5)23-15-13-21(14-16-23)17(2)3/h7-17H,4,6H2,1-3,5H3/b8-7+,24-19?. The monoisotopic (exact) mass is 317 g/mol. The quantitative estimate of drug-likeness (QED) is 0.525. The first-order valence-electron chi connectivity index (χ1n) is 8.62. The minimum absolute atomic E-state index is 0.548. The Labute approximate surface area is 146 Å². The van der Waals surface area contributed by atoms with Crippen LogP contribution in [0.15, 0.2) is 66.2 Å². The Morgan fingerprint density at radius 3 is 2.12 bits per heavy atom. The van der Waals surface area contributed by atoms with Crippen molar-refractivity contribution in [2.24, 2.45) is 4.99 Å². The summed E-state index contributed by atoms with van der Waals surface area (Å²) >= 11 is 0. The lowest BCUT2D eigenvalue weighted by atomic mass is 10.0. The van der Waals surface area contributed by atoms with Crippen molar-refractivity contribution in [1.29, 1.82) is 0 Å². The molecule has 0 radical (unpaired) electrons. The van der Waals surface area contributed by atoms with Gasteiger partial charge in [-0.2, -0.15) is 0 Å². The van der Waals surface area contributed by atoms with Gasteiger partial charge in [-0.1, -0.05) is 88.0 Å². The van der Waals surface area contributed by atoms with Crippen LogP contribution < -0.4 is 0 Å². The molecule has 2 aromatic rings. The molecule has 0 aromatic heterocycles. The van der Waals surface area contributed by atoms with Crippen molar-refractivity contribution in [3.8, 4) is 0 Å². The molecule has 1 heteroatoms. The van der Waals surface area contributed by atoms with Gasteiger partial charge in [0.2, 0.25) is 0 Å². The zero-order valence-electron chi connectivity index (χ0n) is 15.2. The Morgan fingerprint density at radius 2 is 1.58 bits per heavy atom. The average Bonchev–Trinajstić information content (AvgIpc) is 2.60. The van der Waals surface area contributed by atoms with E-state index in [1.54, 1.807) is 0 Å². The normalized spacial score (nSPS) is 12.1. The van der Waals surface area contributed by atoms with E-state index in [9.17, 15) is 0 Å². The molecule has 0 aliphatic carbocycles. The maximum atomic E-state index is 4.69. The van der Waals surface area contributed by atoms with Crippen molar-refractivity contribution >= 4 is 17.5 Å². The SMILES string of the molecule is C=C(N=C(C)c1ccc(C(C)C)cc1)c1ccc(/C=C/CC)cc1. The van der Waals surface area contributed by atoms with Gasteiger partial charge in [-0.05, 0) is 41.5 Å². The summed E-state index contributed by atoms with van der Waals surface area (Å²) in [4.78, 5) is 4.69. The molecular formula is C23H27N. The highest BCUT2D eigenvalue weighted by molar-refractivity contribution is 6.01. The summed E-state index contributed by atoms with van der Waals surface area (Å²) in [6.07, 6.45) is 5.35. The number of rotatable bonds is 6. The van der Waals surface area contributed by atoms with Crippen LogP contribution in [0, 0.1) is 0 Å². The molecule has 0 aliphatic heterocycles. The van der Waals surface area contributed by atoms with E-state index in [0.29, 0.717) is 5.92 Å². The fraction of sp³-hybridized carbons (Fsp3) is 0.261. The third kappa shape index (κ3) is 4.79. The van der Waals surface area contributed by atoms with Crippen LogP contribution in [0.5, 0.6) is 0 Å². The molecule has 2 aromatic carbocycles. The second-order valence-electron chi connectivity index (χ2n) is 6.35. The molecule has 0 N–H and O–H groups in total. The molecule has 0 saturated heterocycles. The van der Waals surface area contributed by atoms with Gasteiger partial charge in [-0.3, -0.25) is 4.99 Å². The molecule has 24 heavy (non-hydrogen) atoms. The summed E-state index contributed by atoms with van der Waals surface area (Å²) < 4.78 is 0. The maximum absolute atomic E-state index is 4.69. The first kappa shape index (κ1) is 17.9. The third-order valence-corrected chi connectivity index (χ3v) is 4.09. The smallest absolute Gasteiger partial charge is 0.0633 e. The molecular weight excluding hydrogens is 290 g/mol. The van der Waals surface area contributed by atoms with E-state index in [1.165, 1.54) is 11.1 Å². The van der Waals surface area contributed by atoms with Crippen molar-refractivity contribution in [1.82, 2.24) is 0 Å². The molecule has 124 valence electrons. The zero-order chi connectivity index (χ0) is 17.5. The van der Waals surface area contributed by atoms with Gasteiger partial charge in [0, 0.05) is 5.71 Å². The maximum Gasteiger partial charge on any atom is 0.0633 e. The van der Waals surface area contributed by atoms with Crippen LogP contribution in [0.25, 0.3) is 11.8 Å². The summed E-state index contributed by atoms with van der Waals surface area (Å²) in [6, 6.07) is 17.0. The summed E-state index contributed by atoms with van der Waals surface area (Å²) in [7, 11) is 0. The topological polar surface area (TPSA) is 12.4 Å². The van der Waals surface area contributed by atoms with Crippen LogP contribution in [0.2, 0.25) is 0 Å². The van der Waals surface area contributed by atoms with E-state index >= 15 is 0 Å². The molecule has 0 unspecified atom stereocenters. The predicted molar refractivity (Wildman–Crippen MR) is 108 cm³/mol. The van der Waals surface area contributed by atoms with Crippen LogP contribution in [0.1, 0.15) is 62.3 Å². The van der Waals surface area contributed by atoms with Crippen LogP contribution in [0.3, 0.4) is 0 Å². The second-order valence-corrected chi connectivity index (χ2v) is 6.35. The number of nitrogens with zero attached hydrogens (tertiary/aromatic N) is 1. The molecule has 0 amide bonds. The Balaban J connectivity index is 2.14. The second kappa shape index (κ2) is 8.44. The minimum Gasteiger partial charge on any atom is -0.253 e. The molecule has 0 bridgehead atoms. The van der Waals surface area contributed by atoms with E-state index in [0.717, 1.165) is 29.0 Å². The lowest BCUT2D eigenvalue weighted by molar-refractivity contribution is 0.866. The van der Waals surface area contributed by atoms with Crippen LogP contribution in [0.4, 0.5) is 0 Å². The highest BCUT2D eigenvalue weighted by Gasteiger charge is 2.03. The van der Waals surface area contributed by atoms with Crippen LogP contribution in [-0.2, 0) is 0 Å². The van der Waals surface area contributed by atoms with E-state index < -0.39 is 0 Å². The van der Waals surface area contributed by atoms with Gasteiger partial charge in [-0.25, -0.2) is 0 Å². The molecule has 0 heterocycles. The highest BCUT2D eigenvalue weighted by atomic mass is 14.7. The van der Waals surface area contributed by atoms with Gasteiger partial charge >= 0.3 is 0 Å². The minimum atomic E-state index is 0.548. The van der Waals surface area contributed by atoms with Gasteiger partial charge in [0.25, 0.3) is 0 Å². The first-order chi connectivity index (χ1) is 11.5. The van der Waals surface area contributed by atoms with Gasteiger partial charge in [0.15, 0.2) is 0 Å². The van der Waals surface area contributed by atoms with Gasteiger partial charge < -0.3 is 0 Å². The number of hydrogen-bond donors (Lipinski definition) is 0. The van der Waals surface area contributed by atoms with Crippen LogP contribution in [-0.4, -0.2) is 5.71 Å². The van der Waals surface area contributed by atoms with Crippen molar-refractivity contribution in [2.45, 2.75) is 40.0 Å². The molecule has 0 saturated carbocycles. The fourth-order valence-electron chi connectivity index (χ4n) is 2.48. The number of allylic oxidation sites excluding steroid dienone is 1. The van der Waals surface area contributed by atoms with E-state index in [2.05, 4.69) is 93.0 Å². The van der Waals surface area contributed by atoms with Crippen molar-refractivity contribution in [2.75, 3.05) is 0 Å². The Bertz CT molecular complexity index is 729. The van der Waals surface area contributed by atoms with Gasteiger partial charge in [0.05, 0.1) is 5.70 Å². The molecule has 0 spiro atoms. The third-order valence-electron chi connectivity index (χ3n) is 4.09. The van der Waals surface area contributed by atoms with Gasteiger partial charge in [-0.15, -0.1) is 0 Å². The largest absolute Gasteiger partial charge is 0.253 e. The van der Waals surface area contributed by atoms with Crippen molar-refractivity contribution in [3.63, 3.8) is 0 Å². The van der Waals surface area contributed by atoms with Crippen molar-refractivity contribution < 1.29 is 0 Å². The lowest BCUT2D eigenvalue weighted by Gasteiger charge is -2.08. The fourth-order valence-corrected chi connectivity index (χ4v) is 2.48. The average molecular weight is 317 g/mol. The van der Waals surface area contributed by atoms with E-state index in [1.807, 2.05) is 6.92 Å². The summed E-state index contributed by atoms with van der Waals surface area (Å²) in [6.45, 7) is 12.7. The first-order valence-corrected chi connectivity index (χ1v) is 8.62. The number of aliphatic imine (C=N–C) groups is 1. The molecule has 2 rings (SSSR count). The summed E-state index contributed by atoms with van der Waals surface area (Å²) in [5.74, 6) is 0.548. The Hall–Kier alpha value is -2.41. The van der Waals surface area contributed by atoms with E-state index in [4.69, 9.17) is 0 Å². The number of hydrogen-bond acceptors (Lipinski definition) is 1. The highest BCUT2D eigenvalue weighted by Crippen LogP contribution is 2.19. The molecule has 0 atom stereocenters. The van der Waals surface area contributed by atoms with E-state index in [-0.39, 0.29) is 0 Å². The summed E-state index contributed by atoms with van der Waals surface area (Å²) in [5.41, 5.74) is 6.54. The molecule has 0 aliphatic rings. The Kier molecular flexibility index (Phi) is 6.31. The number of benzene rings is 2. The van der Waals surface area contributed by atoms with Crippen molar-refractivity contribution in [3.05, 3.63) is 83.4 Å². The Morgan fingerprint density at radius 1 is 1.00 bits per heavy atom. The predicted octanol–water partition coefficient (Wildman–Crippen LogP) is 6.71. The summed E-state index contributed by atoms with van der Waals surface area (Å²) in [5, 5.41) is 0. The van der Waals surface area contributed by atoms with Gasteiger partial charge in [0.1, 0.15) is 0 Å². The van der Waals surface area contributed by atoms with Crippen LogP contribution >= 0.6 is 0 Å².